The van der Waals surface area contributed by atoms with E-state index >= 15 is 0 Å². The zero-order chi connectivity index (χ0) is 38.1. The number of rotatable bonds is 6. The average Bonchev–Trinajstić information content (AvgIpc) is 3.72. The van der Waals surface area contributed by atoms with Crippen LogP contribution in [-0.2, 0) is 5.41 Å². The molecule has 270 valence electrons. The van der Waals surface area contributed by atoms with Crippen LogP contribution in [0.25, 0.3) is 71.6 Å². The lowest BCUT2D eigenvalue weighted by Gasteiger charge is -2.28. The highest BCUT2D eigenvalue weighted by molar-refractivity contribution is 6.09. The van der Waals surface area contributed by atoms with Crippen LogP contribution < -0.4 is 4.90 Å². The molecule has 0 aliphatic heterocycles. The molecule has 11 rings (SSSR count). The van der Waals surface area contributed by atoms with Gasteiger partial charge in [-0.3, -0.25) is 0 Å². The molecule has 0 N–H and O–H groups in total. The van der Waals surface area contributed by atoms with Crippen LogP contribution in [0.4, 0.5) is 17.1 Å². The molecular formula is C55H40N2. The van der Waals surface area contributed by atoms with Gasteiger partial charge < -0.3 is 9.47 Å². The van der Waals surface area contributed by atoms with E-state index < -0.39 is 0 Å². The zero-order valence-electron chi connectivity index (χ0n) is 32.0. The van der Waals surface area contributed by atoms with E-state index in [1.807, 2.05) is 0 Å². The van der Waals surface area contributed by atoms with Crippen LogP contribution in [0.2, 0.25) is 0 Å². The number of nitrogens with zero attached hydrogens (tertiary/aromatic N) is 2. The van der Waals surface area contributed by atoms with Gasteiger partial charge in [-0.2, -0.15) is 0 Å². The summed E-state index contributed by atoms with van der Waals surface area (Å²) in [5.41, 5.74) is 17.0. The van der Waals surface area contributed by atoms with Crippen LogP contribution in [0.3, 0.4) is 0 Å². The fourth-order valence-electron chi connectivity index (χ4n) is 9.45. The van der Waals surface area contributed by atoms with Gasteiger partial charge >= 0.3 is 0 Å². The summed E-state index contributed by atoms with van der Waals surface area (Å²) in [4.78, 5) is 2.41. The van der Waals surface area contributed by atoms with Gasteiger partial charge in [0.05, 0.1) is 11.0 Å². The number of hydrogen-bond donors (Lipinski definition) is 0. The van der Waals surface area contributed by atoms with Crippen molar-refractivity contribution in [1.29, 1.82) is 0 Å². The van der Waals surface area contributed by atoms with Crippen molar-refractivity contribution in [3.05, 3.63) is 217 Å². The van der Waals surface area contributed by atoms with Crippen molar-refractivity contribution in [2.24, 2.45) is 0 Å². The van der Waals surface area contributed by atoms with E-state index in [0.717, 1.165) is 17.1 Å². The van der Waals surface area contributed by atoms with Crippen molar-refractivity contribution >= 4 is 49.6 Å². The number of fused-ring (bicyclic) bond motifs is 7. The Labute approximate surface area is 333 Å². The molecule has 10 aromatic rings. The van der Waals surface area contributed by atoms with E-state index in [9.17, 15) is 0 Å². The van der Waals surface area contributed by atoms with Crippen LogP contribution >= 0.6 is 0 Å². The number of para-hydroxylation sites is 3. The maximum Gasteiger partial charge on any atom is 0.0541 e. The molecule has 2 heteroatoms. The molecule has 2 nitrogen and oxygen atoms in total. The highest BCUT2D eigenvalue weighted by atomic mass is 15.1. The lowest BCUT2D eigenvalue weighted by Crippen LogP contribution is -2.17. The minimum atomic E-state index is -0.209. The third-order valence-corrected chi connectivity index (χ3v) is 12.2. The van der Waals surface area contributed by atoms with Crippen molar-refractivity contribution in [2.45, 2.75) is 19.3 Å². The van der Waals surface area contributed by atoms with E-state index in [1.54, 1.807) is 0 Å². The van der Waals surface area contributed by atoms with Crippen molar-refractivity contribution in [2.75, 3.05) is 4.90 Å². The highest BCUT2D eigenvalue weighted by Gasteiger charge is 2.36. The van der Waals surface area contributed by atoms with Crippen LogP contribution in [-0.4, -0.2) is 4.57 Å². The normalized spacial score (nSPS) is 12.9. The Balaban J connectivity index is 1.02. The number of benzene rings is 9. The Morgan fingerprint density at radius 1 is 0.351 bits per heavy atom. The summed E-state index contributed by atoms with van der Waals surface area (Å²) in [5, 5.41) is 5.07. The molecule has 0 saturated heterocycles. The van der Waals surface area contributed by atoms with Crippen LogP contribution in [0.5, 0.6) is 0 Å². The molecule has 1 aromatic heterocycles. The van der Waals surface area contributed by atoms with Gasteiger partial charge in [0, 0.05) is 38.9 Å². The third-order valence-electron chi connectivity index (χ3n) is 12.2. The molecule has 0 atom stereocenters. The van der Waals surface area contributed by atoms with E-state index in [-0.39, 0.29) is 5.41 Å². The third kappa shape index (κ3) is 5.25. The van der Waals surface area contributed by atoms with E-state index in [1.165, 1.54) is 82.8 Å². The van der Waals surface area contributed by atoms with Gasteiger partial charge in [0.2, 0.25) is 0 Å². The topological polar surface area (TPSA) is 8.17 Å². The maximum absolute atomic E-state index is 2.43. The Morgan fingerprint density at radius 3 is 1.49 bits per heavy atom. The molecule has 1 aliphatic carbocycles. The second-order valence-electron chi connectivity index (χ2n) is 15.7. The van der Waals surface area contributed by atoms with Gasteiger partial charge in [0.25, 0.3) is 0 Å². The monoisotopic (exact) mass is 728 g/mol. The summed E-state index contributed by atoms with van der Waals surface area (Å²) in [7, 11) is 0. The summed E-state index contributed by atoms with van der Waals surface area (Å²) in [5.74, 6) is 0. The lowest BCUT2D eigenvalue weighted by atomic mass is 9.82. The highest BCUT2D eigenvalue weighted by Crippen LogP contribution is 2.52. The van der Waals surface area contributed by atoms with Crippen molar-refractivity contribution in [3.8, 4) is 39.1 Å². The minimum Gasteiger partial charge on any atom is -0.310 e. The first-order valence-electron chi connectivity index (χ1n) is 19.9. The fraction of sp³-hybridized carbons (Fsp3) is 0.0545. The summed E-state index contributed by atoms with van der Waals surface area (Å²) in [6, 6.07) is 75.5. The molecule has 9 aromatic carbocycles. The van der Waals surface area contributed by atoms with Gasteiger partial charge in [0.1, 0.15) is 0 Å². The predicted molar refractivity (Wildman–Crippen MR) is 241 cm³/mol. The molecule has 1 heterocycles. The van der Waals surface area contributed by atoms with Crippen LogP contribution in [0.1, 0.15) is 25.0 Å². The van der Waals surface area contributed by atoms with Crippen LogP contribution in [0, 0.1) is 0 Å². The number of anilines is 3. The molecule has 0 spiro atoms. The molecule has 0 unspecified atom stereocenters. The van der Waals surface area contributed by atoms with Gasteiger partial charge in [-0.05, 0) is 116 Å². The fourth-order valence-corrected chi connectivity index (χ4v) is 9.45. The molecule has 0 amide bonds. The zero-order valence-corrected chi connectivity index (χ0v) is 32.0. The quantitative estimate of drug-likeness (QED) is 0.165. The molecule has 0 bridgehead atoms. The summed E-state index contributed by atoms with van der Waals surface area (Å²) >= 11 is 0. The van der Waals surface area contributed by atoms with E-state index in [0.29, 0.717) is 0 Å². The number of hydrogen-bond acceptors (Lipinski definition) is 1. The summed E-state index contributed by atoms with van der Waals surface area (Å²) in [6.07, 6.45) is 0. The Morgan fingerprint density at radius 2 is 0.825 bits per heavy atom. The van der Waals surface area contributed by atoms with Crippen molar-refractivity contribution in [3.63, 3.8) is 0 Å². The van der Waals surface area contributed by atoms with E-state index in [2.05, 4.69) is 230 Å². The molecule has 0 saturated carbocycles. The summed E-state index contributed by atoms with van der Waals surface area (Å²) < 4.78 is 2.43. The average molecular weight is 729 g/mol. The van der Waals surface area contributed by atoms with Gasteiger partial charge in [-0.15, -0.1) is 0 Å². The minimum absolute atomic E-state index is 0.209. The first-order valence-corrected chi connectivity index (χ1v) is 19.9. The second kappa shape index (κ2) is 13.0. The molecule has 57 heavy (non-hydrogen) atoms. The van der Waals surface area contributed by atoms with Gasteiger partial charge in [-0.1, -0.05) is 159 Å². The largest absolute Gasteiger partial charge is 0.310 e. The molecular weight excluding hydrogens is 689 g/mol. The molecule has 1 aliphatic rings. The lowest BCUT2D eigenvalue weighted by molar-refractivity contribution is 0.660. The number of aromatic nitrogens is 1. The maximum atomic E-state index is 2.43. The van der Waals surface area contributed by atoms with Gasteiger partial charge in [0.15, 0.2) is 0 Å². The molecule has 0 radical (unpaired) electrons. The second-order valence-corrected chi connectivity index (χ2v) is 15.7. The first kappa shape index (κ1) is 33.2. The van der Waals surface area contributed by atoms with Crippen molar-refractivity contribution < 1.29 is 0 Å². The standard InChI is InChI=1S/C55H40N2/c1-55(2)51-35-41(28-30-47(51)48-31-29-42(36-52(48)55)57-53-26-13-11-24-49(53)50-25-12-14-27-54(50)57)56(39-19-7-4-8-20-39)40-21-15-18-38(34-40)44-33-32-43(37-16-5-3-6-17-37)45-22-9-10-23-46(44)45/h3-36H,1-2H3. The predicted octanol–water partition coefficient (Wildman–Crippen LogP) is 15.0. The van der Waals surface area contributed by atoms with Crippen molar-refractivity contribution in [1.82, 2.24) is 4.57 Å². The smallest absolute Gasteiger partial charge is 0.0541 e. The Hall–Kier alpha value is -7.16. The Bertz CT molecular complexity index is 3100. The summed E-state index contributed by atoms with van der Waals surface area (Å²) in [6.45, 7) is 4.77. The Kier molecular flexibility index (Phi) is 7.55. The van der Waals surface area contributed by atoms with E-state index in [4.69, 9.17) is 0 Å². The van der Waals surface area contributed by atoms with Crippen LogP contribution in [0.15, 0.2) is 206 Å². The van der Waals surface area contributed by atoms with Gasteiger partial charge in [-0.25, -0.2) is 0 Å². The molecule has 0 fully saturated rings. The SMILES string of the molecule is CC1(C)c2cc(N(c3ccccc3)c3cccc(-c4ccc(-c5ccccc5)c5ccccc45)c3)ccc2-c2ccc(-n3c4ccccc4c4ccccc43)cc21. The first-order chi connectivity index (χ1) is 28.0.